The Hall–Kier alpha value is -2.82. The standard InChI is InChI=1S/C18H20N2O3/c1-13(14(2)23-17-6-4-3-5-7-17)20-18(22)15-8-10-16(11-9-15)19-12-21/h3-14H,1-2H3,(H,19,21)(H,20,22)/t13-,14+/m1/s1. The van der Waals surface area contributed by atoms with Gasteiger partial charge in [0.15, 0.2) is 0 Å². The predicted molar refractivity (Wildman–Crippen MR) is 89.6 cm³/mol. The van der Waals surface area contributed by atoms with Crippen molar-refractivity contribution in [2.75, 3.05) is 5.32 Å². The number of amides is 2. The van der Waals surface area contributed by atoms with E-state index in [0.29, 0.717) is 17.7 Å². The lowest BCUT2D eigenvalue weighted by atomic mass is 10.1. The Bertz CT molecular complexity index is 641. The number of carbonyl (C=O) groups is 2. The summed E-state index contributed by atoms with van der Waals surface area (Å²) in [5.41, 5.74) is 1.17. The molecule has 0 saturated heterocycles. The van der Waals surface area contributed by atoms with Crippen molar-refractivity contribution in [2.45, 2.75) is 26.0 Å². The fourth-order valence-electron chi connectivity index (χ4n) is 2.01. The number of anilines is 1. The highest BCUT2D eigenvalue weighted by atomic mass is 16.5. The van der Waals surface area contributed by atoms with Gasteiger partial charge in [-0.25, -0.2) is 0 Å². The molecule has 2 atom stereocenters. The molecule has 0 saturated carbocycles. The summed E-state index contributed by atoms with van der Waals surface area (Å²) in [7, 11) is 0. The zero-order valence-electron chi connectivity index (χ0n) is 13.2. The van der Waals surface area contributed by atoms with E-state index >= 15 is 0 Å². The SMILES string of the molecule is C[C@H](Oc1ccccc1)[C@@H](C)NC(=O)c1ccc(NC=O)cc1. The van der Waals surface area contributed by atoms with Gasteiger partial charge in [-0.05, 0) is 50.2 Å². The van der Waals surface area contributed by atoms with Crippen LogP contribution in [0.3, 0.4) is 0 Å². The molecule has 5 nitrogen and oxygen atoms in total. The molecule has 2 N–H and O–H groups in total. The van der Waals surface area contributed by atoms with Gasteiger partial charge in [0.1, 0.15) is 11.9 Å². The van der Waals surface area contributed by atoms with E-state index < -0.39 is 0 Å². The lowest BCUT2D eigenvalue weighted by Gasteiger charge is -2.22. The van der Waals surface area contributed by atoms with E-state index in [4.69, 9.17) is 4.74 Å². The molecule has 0 bridgehead atoms. The fourth-order valence-corrected chi connectivity index (χ4v) is 2.01. The largest absolute Gasteiger partial charge is 0.489 e. The van der Waals surface area contributed by atoms with Crippen molar-refractivity contribution in [3.05, 3.63) is 60.2 Å². The molecular weight excluding hydrogens is 292 g/mol. The van der Waals surface area contributed by atoms with Gasteiger partial charge < -0.3 is 15.4 Å². The molecule has 2 aromatic carbocycles. The van der Waals surface area contributed by atoms with Gasteiger partial charge in [-0.1, -0.05) is 18.2 Å². The van der Waals surface area contributed by atoms with Crippen LogP contribution in [0.5, 0.6) is 5.75 Å². The van der Waals surface area contributed by atoms with Crippen molar-refractivity contribution in [2.24, 2.45) is 0 Å². The number of carbonyl (C=O) groups excluding carboxylic acids is 2. The molecule has 0 unspecified atom stereocenters. The van der Waals surface area contributed by atoms with Crippen LogP contribution in [-0.2, 0) is 4.79 Å². The summed E-state index contributed by atoms with van der Waals surface area (Å²) >= 11 is 0. The van der Waals surface area contributed by atoms with Crippen molar-refractivity contribution in [1.82, 2.24) is 5.32 Å². The second-order valence-electron chi connectivity index (χ2n) is 5.24. The van der Waals surface area contributed by atoms with Gasteiger partial charge in [0.05, 0.1) is 6.04 Å². The Kier molecular flexibility index (Phi) is 5.74. The van der Waals surface area contributed by atoms with E-state index in [1.54, 1.807) is 24.3 Å². The molecule has 120 valence electrons. The average molecular weight is 312 g/mol. The predicted octanol–water partition coefficient (Wildman–Crippen LogP) is 2.84. The van der Waals surface area contributed by atoms with Crippen LogP contribution in [0.1, 0.15) is 24.2 Å². The van der Waals surface area contributed by atoms with Gasteiger partial charge in [-0.2, -0.15) is 0 Å². The molecular formula is C18H20N2O3. The van der Waals surface area contributed by atoms with E-state index in [1.807, 2.05) is 44.2 Å². The Morgan fingerprint density at radius 3 is 2.30 bits per heavy atom. The number of rotatable bonds is 7. The van der Waals surface area contributed by atoms with E-state index in [2.05, 4.69) is 10.6 Å². The lowest BCUT2D eigenvalue weighted by molar-refractivity contribution is -0.105. The minimum atomic E-state index is -0.182. The highest BCUT2D eigenvalue weighted by Crippen LogP contribution is 2.13. The van der Waals surface area contributed by atoms with E-state index in [9.17, 15) is 9.59 Å². The van der Waals surface area contributed by atoms with Gasteiger partial charge in [-0.15, -0.1) is 0 Å². The molecule has 0 fully saturated rings. The molecule has 0 aliphatic rings. The van der Waals surface area contributed by atoms with Crippen LogP contribution in [0.4, 0.5) is 5.69 Å². The summed E-state index contributed by atoms with van der Waals surface area (Å²) in [6, 6.07) is 16.0. The molecule has 23 heavy (non-hydrogen) atoms. The molecule has 0 heterocycles. The van der Waals surface area contributed by atoms with Crippen LogP contribution < -0.4 is 15.4 Å². The normalized spacial score (nSPS) is 12.8. The molecule has 2 amide bonds. The van der Waals surface area contributed by atoms with Crippen molar-refractivity contribution in [3.8, 4) is 5.75 Å². The first kappa shape index (κ1) is 16.5. The molecule has 0 spiro atoms. The van der Waals surface area contributed by atoms with Crippen molar-refractivity contribution < 1.29 is 14.3 Å². The van der Waals surface area contributed by atoms with Gasteiger partial charge in [-0.3, -0.25) is 9.59 Å². The lowest BCUT2D eigenvalue weighted by Crippen LogP contribution is -2.42. The molecule has 2 rings (SSSR count). The summed E-state index contributed by atoms with van der Waals surface area (Å²) in [4.78, 5) is 22.6. The highest BCUT2D eigenvalue weighted by Gasteiger charge is 2.17. The Morgan fingerprint density at radius 1 is 1.04 bits per heavy atom. The molecule has 2 aromatic rings. The summed E-state index contributed by atoms with van der Waals surface area (Å²) < 4.78 is 5.80. The topological polar surface area (TPSA) is 67.4 Å². The quantitative estimate of drug-likeness (QED) is 0.773. The highest BCUT2D eigenvalue weighted by molar-refractivity contribution is 5.94. The zero-order chi connectivity index (χ0) is 16.7. The van der Waals surface area contributed by atoms with Crippen LogP contribution >= 0.6 is 0 Å². The molecule has 0 radical (unpaired) electrons. The van der Waals surface area contributed by atoms with E-state index in [1.165, 1.54) is 0 Å². The first-order valence-corrected chi connectivity index (χ1v) is 7.43. The van der Waals surface area contributed by atoms with Crippen molar-refractivity contribution in [3.63, 3.8) is 0 Å². The van der Waals surface area contributed by atoms with E-state index in [-0.39, 0.29) is 18.1 Å². The molecule has 5 heteroatoms. The minimum Gasteiger partial charge on any atom is -0.489 e. The van der Waals surface area contributed by atoms with Gasteiger partial charge in [0, 0.05) is 11.3 Å². The second-order valence-corrected chi connectivity index (χ2v) is 5.24. The third kappa shape index (κ3) is 4.85. The fraction of sp³-hybridized carbons (Fsp3) is 0.222. The third-order valence-electron chi connectivity index (χ3n) is 3.50. The van der Waals surface area contributed by atoms with Gasteiger partial charge >= 0.3 is 0 Å². The number of benzene rings is 2. The van der Waals surface area contributed by atoms with Gasteiger partial charge in [0.2, 0.25) is 6.41 Å². The Morgan fingerprint density at radius 2 is 1.70 bits per heavy atom. The number of nitrogens with one attached hydrogen (secondary N) is 2. The van der Waals surface area contributed by atoms with Crippen LogP contribution in [0.25, 0.3) is 0 Å². The maximum absolute atomic E-state index is 12.2. The summed E-state index contributed by atoms with van der Waals surface area (Å²) in [5, 5.41) is 5.44. The van der Waals surface area contributed by atoms with Crippen LogP contribution in [0.2, 0.25) is 0 Å². The maximum Gasteiger partial charge on any atom is 0.251 e. The molecule has 0 aliphatic heterocycles. The number of hydrogen-bond acceptors (Lipinski definition) is 3. The first-order chi connectivity index (χ1) is 11.1. The average Bonchev–Trinajstić information content (AvgIpc) is 2.56. The Labute approximate surface area is 135 Å². The van der Waals surface area contributed by atoms with Crippen LogP contribution in [0, 0.1) is 0 Å². The van der Waals surface area contributed by atoms with Crippen molar-refractivity contribution >= 4 is 18.0 Å². The summed E-state index contributed by atoms with van der Waals surface area (Å²) in [5.74, 6) is 0.587. The second kappa shape index (κ2) is 7.98. The monoisotopic (exact) mass is 312 g/mol. The zero-order valence-corrected chi connectivity index (χ0v) is 13.2. The number of hydrogen-bond donors (Lipinski definition) is 2. The first-order valence-electron chi connectivity index (χ1n) is 7.43. The number of ether oxygens (including phenoxy) is 1. The van der Waals surface area contributed by atoms with Crippen LogP contribution in [-0.4, -0.2) is 24.5 Å². The maximum atomic E-state index is 12.2. The summed E-state index contributed by atoms with van der Waals surface area (Å²) in [6.45, 7) is 3.81. The summed E-state index contributed by atoms with van der Waals surface area (Å²) in [6.07, 6.45) is 0.428. The molecule has 0 aliphatic carbocycles. The number of para-hydroxylation sites is 1. The third-order valence-corrected chi connectivity index (χ3v) is 3.50. The minimum absolute atomic E-state index is 0.157. The van der Waals surface area contributed by atoms with Crippen LogP contribution in [0.15, 0.2) is 54.6 Å². The smallest absolute Gasteiger partial charge is 0.251 e. The van der Waals surface area contributed by atoms with E-state index in [0.717, 1.165) is 5.75 Å². The van der Waals surface area contributed by atoms with Crippen molar-refractivity contribution in [1.29, 1.82) is 0 Å². The van der Waals surface area contributed by atoms with Gasteiger partial charge in [0.25, 0.3) is 5.91 Å². The molecule has 0 aromatic heterocycles. The Balaban J connectivity index is 1.91.